The zero-order chi connectivity index (χ0) is 17.6. The monoisotopic (exact) mass is 332 g/mol. The van der Waals surface area contributed by atoms with Crippen LogP contribution in [-0.4, -0.2) is 23.5 Å². The van der Waals surface area contributed by atoms with Gasteiger partial charge in [0.15, 0.2) is 0 Å². The molecule has 0 spiro atoms. The van der Waals surface area contributed by atoms with Crippen molar-refractivity contribution in [2.75, 3.05) is 0 Å². The Morgan fingerprint density at radius 2 is 1.87 bits per heavy atom. The molecule has 0 bridgehead atoms. The molecule has 1 aromatic rings. The molecule has 0 amide bonds. The third-order valence-electron chi connectivity index (χ3n) is 3.98. The van der Waals surface area contributed by atoms with Crippen molar-refractivity contribution in [1.29, 1.82) is 0 Å². The molecular weight excluding hydrogens is 313 g/mol. The Balaban J connectivity index is 2.83. The van der Waals surface area contributed by atoms with Gasteiger partial charge in [0.25, 0.3) is 0 Å². The molecule has 1 rings (SSSR count). The van der Waals surface area contributed by atoms with E-state index in [9.17, 15) is 27.9 Å². The van der Waals surface area contributed by atoms with E-state index in [0.717, 1.165) is 12.1 Å². The van der Waals surface area contributed by atoms with Gasteiger partial charge in [0, 0.05) is 18.9 Å². The molecular formula is C16H19F3O4. The summed E-state index contributed by atoms with van der Waals surface area (Å²) in [6, 6.07) is 3.10. The van der Waals surface area contributed by atoms with E-state index in [1.165, 1.54) is 6.07 Å². The molecule has 128 valence electrons. The fourth-order valence-corrected chi connectivity index (χ4v) is 2.38. The van der Waals surface area contributed by atoms with Gasteiger partial charge in [-0.25, -0.2) is 4.39 Å². The van der Waals surface area contributed by atoms with Crippen LogP contribution in [0.4, 0.5) is 13.2 Å². The van der Waals surface area contributed by atoms with E-state index in [0.29, 0.717) is 0 Å². The molecule has 0 radical (unpaired) electrons. The van der Waals surface area contributed by atoms with Crippen molar-refractivity contribution in [3.05, 3.63) is 29.6 Å². The van der Waals surface area contributed by atoms with Crippen LogP contribution in [0.5, 0.6) is 5.75 Å². The molecule has 0 aliphatic heterocycles. The Hall–Kier alpha value is -2.05. The van der Waals surface area contributed by atoms with E-state index < -0.39 is 29.6 Å². The first-order chi connectivity index (χ1) is 10.7. The second-order valence-electron chi connectivity index (χ2n) is 5.32. The average Bonchev–Trinajstić information content (AvgIpc) is 2.46. The van der Waals surface area contributed by atoms with Crippen molar-refractivity contribution in [1.82, 2.24) is 0 Å². The number of carboxylic acids is 1. The summed E-state index contributed by atoms with van der Waals surface area (Å²) in [6.07, 6.45) is 0.0718. The second-order valence-corrected chi connectivity index (χ2v) is 5.32. The van der Waals surface area contributed by atoms with Crippen molar-refractivity contribution in [2.45, 2.75) is 46.1 Å². The number of alkyl halides is 2. The Labute approximate surface area is 132 Å². The predicted octanol–water partition coefficient (Wildman–Crippen LogP) is 3.82. The fourth-order valence-electron chi connectivity index (χ4n) is 2.38. The molecule has 0 saturated carbocycles. The number of hydrogen-bond donors (Lipinski definition) is 1. The van der Waals surface area contributed by atoms with Crippen LogP contribution in [0.25, 0.3) is 0 Å². The van der Waals surface area contributed by atoms with Crippen LogP contribution in [0.1, 0.15) is 38.7 Å². The molecule has 0 aliphatic carbocycles. The Morgan fingerprint density at radius 3 is 2.30 bits per heavy atom. The number of benzene rings is 1. The van der Waals surface area contributed by atoms with Crippen LogP contribution >= 0.6 is 0 Å². The number of halogens is 3. The lowest BCUT2D eigenvalue weighted by Crippen LogP contribution is -2.32. The zero-order valence-electron chi connectivity index (χ0n) is 12.9. The minimum Gasteiger partial charge on any atom is -0.481 e. The number of aliphatic carboxylic acids is 1. The lowest BCUT2D eigenvalue weighted by molar-refractivity contribution is -0.152. The highest BCUT2D eigenvalue weighted by Gasteiger charge is 2.36. The van der Waals surface area contributed by atoms with Gasteiger partial charge in [0.05, 0.1) is 5.41 Å². The quantitative estimate of drug-likeness (QED) is 0.747. The molecule has 0 unspecified atom stereocenters. The largest absolute Gasteiger partial charge is 0.481 e. The number of hydrogen-bond acceptors (Lipinski definition) is 3. The highest BCUT2D eigenvalue weighted by atomic mass is 19.3. The summed E-state index contributed by atoms with van der Waals surface area (Å²) in [7, 11) is 0. The first kappa shape index (κ1) is 19.0. The molecule has 1 aromatic carbocycles. The van der Waals surface area contributed by atoms with E-state index >= 15 is 0 Å². The lowest BCUT2D eigenvalue weighted by atomic mass is 9.77. The SMILES string of the molecule is CCC(CC)(CC(=O)Cc1ccc(OC(F)F)cc1F)C(=O)O. The number of ether oxygens (including phenoxy) is 1. The number of carboxylic acid groups (broad SMARTS) is 1. The molecule has 0 fully saturated rings. The van der Waals surface area contributed by atoms with Gasteiger partial charge < -0.3 is 9.84 Å². The second kappa shape index (κ2) is 7.99. The molecule has 4 nitrogen and oxygen atoms in total. The minimum atomic E-state index is -3.06. The fraction of sp³-hybridized carbons (Fsp3) is 0.500. The average molecular weight is 332 g/mol. The minimum absolute atomic E-state index is 0.0168. The zero-order valence-corrected chi connectivity index (χ0v) is 12.9. The van der Waals surface area contributed by atoms with E-state index in [-0.39, 0.29) is 37.0 Å². The molecule has 0 aromatic heterocycles. The molecule has 0 aliphatic rings. The van der Waals surface area contributed by atoms with Gasteiger partial charge in [-0.05, 0) is 24.5 Å². The summed E-state index contributed by atoms with van der Waals surface area (Å²) in [5.74, 6) is -2.66. The molecule has 7 heteroatoms. The molecule has 23 heavy (non-hydrogen) atoms. The lowest BCUT2D eigenvalue weighted by Gasteiger charge is -2.25. The van der Waals surface area contributed by atoms with Crippen molar-refractivity contribution >= 4 is 11.8 Å². The van der Waals surface area contributed by atoms with Gasteiger partial charge in [0.1, 0.15) is 17.3 Å². The summed E-state index contributed by atoms with van der Waals surface area (Å²) < 4.78 is 42.0. The van der Waals surface area contributed by atoms with Gasteiger partial charge >= 0.3 is 12.6 Å². The Morgan fingerprint density at radius 1 is 1.26 bits per heavy atom. The van der Waals surface area contributed by atoms with Gasteiger partial charge in [-0.1, -0.05) is 19.9 Å². The Kier molecular flexibility index (Phi) is 6.60. The van der Waals surface area contributed by atoms with E-state index in [1.54, 1.807) is 13.8 Å². The van der Waals surface area contributed by atoms with Crippen LogP contribution in [0.2, 0.25) is 0 Å². The van der Waals surface area contributed by atoms with Gasteiger partial charge in [-0.2, -0.15) is 8.78 Å². The highest BCUT2D eigenvalue weighted by molar-refractivity contribution is 5.87. The summed E-state index contributed by atoms with van der Waals surface area (Å²) in [4.78, 5) is 23.5. The topological polar surface area (TPSA) is 63.6 Å². The third kappa shape index (κ3) is 4.97. The highest BCUT2D eigenvalue weighted by Crippen LogP contribution is 2.32. The van der Waals surface area contributed by atoms with Crippen LogP contribution in [0, 0.1) is 11.2 Å². The standard InChI is InChI=1S/C16H19F3O4/c1-3-16(4-2,14(21)22)9-11(20)7-10-5-6-12(8-13(10)17)23-15(18)19/h5-6,8,15H,3-4,7,9H2,1-2H3,(H,21,22). The normalized spacial score (nSPS) is 11.6. The van der Waals surface area contributed by atoms with Gasteiger partial charge in [0.2, 0.25) is 0 Å². The number of rotatable bonds is 9. The van der Waals surface area contributed by atoms with Crippen molar-refractivity contribution in [2.24, 2.45) is 5.41 Å². The van der Waals surface area contributed by atoms with Gasteiger partial charge in [-0.15, -0.1) is 0 Å². The third-order valence-corrected chi connectivity index (χ3v) is 3.98. The van der Waals surface area contributed by atoms with Crippen molar-refractivity contribution in [3.8, 4) is 5.75 Å². The maximum absolute atomic E-state index is 13.8. The smallest absolute Gasteiger partial charge is 0.387 e. The first-order valence-corrected chi connectivity index (χ1v) is 7.22. The molecule has 0 heterocycles. The van der Waals surface area contributed by atoms with E-state index in [1.807, 2.05) is 0 Å². The molecule has 0 atom stereocenters. The van der Waals surface area contributed by atoms with Crippen LogP contribution in [0.3, 0.4) is 0 Å². The van der Waals surface area contributed by atoms with Crippen LogP contribution in [0.15, 0.2) is 18.2 Å². The maximum Gasteiger partial charge on any atom is 0.387 e. The van der Waals surface area contributed by atoms with Crippen molar-refractivity contribution in [3.63, 3.8) is 0 Å². The first-order valence-electron chi connectivity index (χ1n) is 7.22. The molecule has 0 saturated heterocycles. The summed E-state index contributed by atoms with van der Waals surface area (Å²) in [5, 5.41) is 9.30. The van der Waals surface area contributed by atoms with Crippen LogP contribution < -0.4 is 4.74 Å². The van der Waals surface area contributed by atoms with Crippen molar-refractivity contribution < 1.29 is 32.6 Å². The van der Waals surface area contributed by atoms with E-state index in [2.05, 4.69) is 4.74 Å². The number of carbonyl (C=O) groups is 2. The predicted molar refractivity (Wildman–Crippen MR) is 77.0 cm³/mol. The number of ketones is 1. The molecule has 1 N–H and O–H groups in total. The van der Waals surface area contributed by atoms with E-state index in [4.69, 9.17) is 0 Å². The summed E-state index contributed by atoms with van der Waals surface area (Å²) >= 11 is 0. The summed E-state index contributed by atoms with van der Waals surface area (Å²) in [5.41, 5.74) is -1.14. The van der Waals surface area contributed by atoms with Gasteiger partial charge in [-0.3, -0.25) is 9.59 Å². The summed E-state index contributed by atoms with van der Waals surface area (Å²) in [6.45, 7) is 0.302. The van der Waals surface area contributed by atoms with Crippen LogP contribution in [-0.2, 0) is 16.0 Å². The number of carbonyl (C=O) groups excluding carboxylic acids is 1. The maximum atomic E-state index is 13.8. The Bertz CT molecular complexity index is 568. The number of Topliss-reactive ketones (excluding diaryl/α,β-unsaturated/α-hetero) is 1.